The van der Waals surface area contributed by atoms with E-state index in [-0.39, 0.29) is 17.9 Å². The molecular formula is C27H34N8O3S. The molecule has 0 bridgehead atoms. The van der Waals surface area contributed by atoms with Crippen LogP contribution in [-0.2, 0) is 16.1 Å². The number of aryl methyl sites for hydroxylation is 1. The van der Waals surface area contributed by atoms with E-state index in [1.807, 2.05) is 24.0 Å². The van der Waals surface area contributed by atoms with Gasteiger partial charge in [-0.1, -0.05) is 0 Å². The molecule has 1 unspecified atom stereocenters. The quantitative estimate of drug-likeness (QED) is 0.306. The van der Waals surface area contributed by atoms with E-state index in [0.717, 1.165) is 34.7 Å². The summed E-state index contributed by atoms with van der Waals surface area (Å²) >= 11 is 1.47. The summed E-state index contributed by atoms with van der Waals surface area (Å²) in [7, 11) is 1.66. The predicted octanol–water partition coefficient (Wildman–Crippen LogP) is 4.06. The number of hydrogen-bond donors (Lipinski definition) is 2. The molecule has 0 aliphatic carbocycles. The molecule has 1 fully saturated rings. The zero-order chi connectivity index (χ0) is 27.5. The van der Waals surface area contributed by atoms with E-state index < -0.39 is 0 Å². The molecule has 4 aromatic heterocycles. The van der Waals surface area contributed by atoms with Gasteiger partial charge in [0, 0.05) is 43.6 Å². The molecule has 11 nitrogen and oxygen atoms in total. The number of ether oxygens (including phenoxy) is 1. The predicted molar refractivity (Wildman–Crippen MR) is 151 cm³/mol. The van der Waals surface area contributed by atoms with Crippen molar-refractivity contribution in [2.24, 2.45) is 0 Å². The smallest absolute Gasteiger partial charge is 0.260 e. The minimum atomic E-state index is -0.291. The number of aromatic nitrogens is 5. The zero-order valence-electron chi connectivity index (χ0n) is 22.7. The molecule has 0 radical (unpaired) electrons. The molecule has 1 aliphatic rings. The van der Waals surface area contributed by atoms with Crippen molar-refractivity contribution < 1.29 is 14.3 Å². The van der Waals surface area contributed by atoms with Gasteiger partial charge in [-0.15, -0.1) is 11.3 Å². The van der Waals surface area contributed by atoms with Crippen LogP contribution in [0.15, 0.2) is 37.1 Å². The summed E-state index contributed by atoms with van der Waals surface area (Å²) in [6.07, 6.45) is 11.4. The van der Waals surface area contributed by atoms with Crippen molar-refractivity contribution in [3.63, 3.8) is 0 Å². The van der Waals surface area contributed by atoms with Crippen LogP contribution in [0.25, 0.3) is 15.3 Å². The maximum Gasteiger partial charge on any atom is 0.260 e. The average molecular weight is 551 g/mol. The summed E-state index contributed by atoms with van der Waals surface area (Å²) < 4.78 is 8.64. The number of hydrogen-bond acceptors (Lipinski definition) is 8. The molecule has 1 saturated heterocycles. The summed E-state index contributed by atoms with van der Waals surface area (Å²) in [6, 6.07) is 2.42. The van der Waals surface area contributed by atoms with E-state index in [1.54, 1.807) is 36.3 Å². The van der Waals surface area contributed by atoms with Gasteiger partial charge < -0.3 is 15.4 Å². The molecule has 39 heavy (non-hydrogen) atoms. The normalized spacial score (nSPS) is 15.9. The van der Waals surface area contributed by atoms with E-state index in [0.29, 0.717) is 48.2 Å². The van der Waals surface area contributed by atoms with Gasteiger partial charge in [0.15, 0.2) is 0 Å². The van der Waals surface area contributed by atoms with Gasteiger partial charge in [-0.05, 0) is 46.2 Å². The monoisotopic (exact) mass is 550 g/mol. The highest BCUT2D eigenvalue weighted by molar-refractivity contribution is 7.21. The van der Waals surface area contributed by atoms with Gasteiger partial charge in [-0.2, -0.15) is 10.2 Å². The summed E-state index contributed by atoms with van der Waals surface area (Å²) in [5, 5.41) is 14.7. The molecule has 2 amide bonds. The van der Waals surface area contributed by atoms with Crippen molar-refractivity contribution in [3.8, 4) is 10.4 Å². The van der Waals surface area contributed by atoms with Crippen LogP contribution in [0.4, 0.5) is 11.4 Å². The van der Waals surface area contributed by atoms with Gasteiger partial charge in [-0.3, -0.25) is 24.2 Å². The number of pyridine rings is 1. The first-order chi connectivity index (χ1) is 18.8. The second kappa shape index (κ2) is 11.6. The Morgan fingerprint density at radius 3 is 2.82 bits per heavy atom. The number of likely N-dealkylation sites (tertiary alicyclic amines) is 1. The van der Waals surface area contributed by atoms with E-state index in [2.05, 4.69) is 44.6 Å². The summed E-state index contributed by atoms with van der Waals surface area (Å²) in [5.41, 5.74) is 3.16. The summed E-state index contributed by atoms with van der Waals surface area (Å²) in [5.74, 6) is -0.341. The lowest BCUT2D eigenvalue weighted by Crippen LogP contribution is -2.37. The number of carbonyl (C=O) groups excluding carboxylic acids is 2. The fraction of sp³-hybridized carbons (Fsp3) is 0.444. The SMILES string of the molecule is COCCn1cc(-c2cn3ncc(C(=O)Nc4cc(NC(=O)CC5CCCN5C(C)C)cnc4C)c3s2)cn1. The van der Waals surface area contributed by atoms with Crippen LogP contribution >= 0.6 is 11.3 Å². The highest BCUT2D eigenvalue weighted by Gasteiger charge is 2.28. The van der Waals surface area contributed by atoms with Crippen molar-refractivity contribution in [2.75, 3.05) is 30.9 Å². The fourth-order valence-corrected chi connectivity index (χ4v) is 6.01. The molecule has 1 atom stereocenters. The molecule has 12 heteroatoms. The number of anilines is 2. The number of nitrogens with zero attached hydrogens (tertiary/aromatic N) is 6. The highest BCUT2D eigenvalue weighted by atomic mass is 32.1. The van der Waals surface area contributed by atoms with Crippen molar-refractivity contribution in [1.29, 1.82) is 0 Å². The zero-order valence-corrected chi connectivity index (χ0v) is 23.5. The second-order valence-electron chi connectivity index (χ2n) is 10.1. The minimum absolute atomic E-state index is 0.0505. The lowest BCUT2D eigenvalue weighted by Gasteiger charge is -2.27. The Kier molecular flexibility index (Phi) is 8.05. The van der Waals surface area contributed by atoms with Crippen molar-refractivity contribution >= 4 is 39.4 Å². The van der Waals surface area contributed by atoms with Gasteiger partial charge in [-0.25, -0.2) is 4.52 Å². The molecule has 0 saturated carbocycles. The summed E-state index contributed by atoms with van der Waals surface area (Å²) in [6.45, 7) is 8.42. The Bertz CT molecular complexity index is 1470. The number of amides is 2. The number of nitrogens with one attached hydrogen (secondary N) is 2. The molecule has 4 aromatic rings. The summed E-state index contributed by atoms with van der Waals surface area (Å²) in [4.78, 5) is 34.5. The second-order valence-corrected chi connectivity index (χ2v) is 11.1. The van der Waals surface area contributed by atoms with Crippen molar-refractivity contribution in [1.82, 2.24) is 29.3 Å². The Morgan fingerprint density at radius 2 is 2.03 bits per heavy atom. The van der Waals surface area contributed by atoms with Gasteiger partial charge in [0.05, 0.1) is 59.3 Å². The van der Waals surface area contributed by atoms with Crippen LogP contribution in [-0.4, -0.2) is 73.4 Å². The van der Waals surface area contributed by atoms with Gasteiger partial charge >= 0.3 is 0 Å². The Morgan fingerprint density at radius 1 is 1.18 bits per heavy atom. The van der Waals surface area contributed by atoms with Crippen LogP contribution < -0.4 is 10.6 Å². The van der Waals surface area contributed by atoms with Gasteiger partial charge in [0.1, 0.15) is 4.83 Å². The third-order valence-corrected chi connectivity index (χ3v) is 8.17. The molecular weight excluding hydrogens is 516 g/mol. The maximum atomic E-state index is 13.3. The lowest BCUT2D eigenvalue weighted by atomic mass is 10.1. The fourth-order valence-electron chi connectivity index (χ4n) is 4.97. The van der Waals surface area contributed by atoms with E-state index in [4.69, 9.17) is 4.74 Å². The molecule has 5 rings (SSSR count). The van der Waals surface area contributed by atoms with Crippen LogP contribution in [0.5, 0.6) is 0 Å². The van der Waals surface area contributed by atoms with Crippen LogP contribution in [0.1, 0.15) is 49.2 Å². The van der Waals surface area contributed by atoms with Gasteiger partial charge in [0.2, 0.25) is 5.91 Å². The number of methoxy groups -OCH3 is 1. The van der Waals surface area contributed by atoms with E-state index >= 15 is 0 Å². The minimum Gasteiger partial charge on any atom is -0.383 e. The first-order valence-electron chi connectivity index (χ1n) is 13.1. The maximum absolute atomic E-state index is 13.3. The van der Waals surface area contributed by atoms with Crippen LogP contribution in [0, 0.1) is 6.92 Å². The number of rotatable bonds is 10. The highest BCUT2D eigenvalue weighted by Crippen LogP contribution is 2.31. The number of fused-ring (bicyclic) bond motifs is 1. The lowest BCUT2D eigenvalue weighted by molar-refractivity contribution is -0.117. The molecule has 0 spiro atoms. The van der Waals surface area contributed by atoms with Crippen LogP contribution in [0.3, 0.4) is 0 Å². The first-order valence-corrected chi connectivity index (χ1v) is 14.0. The Labute approximate surface area is 231 Å². The number of thiazole rings is 1. The van der Waals surface area contributed by atoms with Crippen molar-refractivity contribution in [3.05, 3.63) is 48.3 Å². The topological polar surface area (TPSA) is 119 Å². The van der Waals surface area contributed by atoms with Crippen molar-refractivity contribution in [2.45, 2.75) is 58.7 Å². The largest absolute Gasteiger partial charge is 0.383 e. The molecule has 206 valence electrons. The molecule has 5 heterocycles. The van der Waals surface area contributed by atoms with E-state index in [9.17, 15) is 9.59 Å². The number of carbonyl (C=O) groups is 2. The third kappa shape index (κ3) is 6.02. The molecule has 2 N–H and O–H groups in total. The molecule has 0 aromatic carbocycles. The first kappa shape index (κ1) is 27.0. The molecule has 1 aliphatic heterocycles. The third-order valence-electron chi connectivity index (χ3n) is 7.01. The Balaban J connectivity index is 1.27. The van der Waals surface area contributed by atoms with Gasteiger partial charge in [0.25, 0.3) is 5.91 Å². The van der Waals surface area contributed by atoms with E-state index in [1.165, 1.54) is 11.3 Å². The Hall–Kier alpha value is -3.61. The average Bonchev–Trinajstić information content (AvgIpc) is 3.68. The standard InChI is InChI=1S/C27H34N8O3S/c1-17(2)34-7-5-6-21(34)11-25(36)31-20-10-23(18(3)28-13-20)32-26(37)22-14-30-35-16-24(39-27(22)35)19-12-29-33(15-19)8-9-38-4/h10,12-17,21H,5-9,11H2,1-4H3,(H,31,36)(H,32,37). The van der Waals surface area contributed by atoms with Crippen LogP contribution in [0.2, 0.25) is 0 Å².